The molecule has 25 heavy (non-hydrogen) atoms. The molecule has 0 fully saturated rings. The van der Waals surface area contributed by atoms with E-state index in [1.165, 1.54) is 17.2 Å². The first-order valence-corrected chi connectivity index (χ1v) is 7.48. The largest absolute Gasteiger partial charge is 0.416 e. The number of rotatable bonds is 6. The van der Waals surface area contributed by atoms with Gasteiger partial charge in [-0.2, -0.15) is 13.2 Å². The standard InChI is InChI=1S/C16H16F3N3O3/c1-2-8-22(10-14(23)20-13-7-9-25-21-13)15(24)11-3-5-12(6-4-11)16(17,18)19/h3-7,9H,2,8,10H2,1H3,(H,20,21,23). The molecular weight excluding hydrogens is 339 g/mol. The number of amides is 2. The minimum atomic E-state index is -4.47. The first-order valence-electron chi connectivity index (χ1n) is 7.48. The molecule has 0 bridgehead atoms. The quantitative estimate of drug-likeness (QED) is 0.864. The van der Waals surface area contributed by atoms with E-state index in [0.29, 0.717) is 6.42 Å². The van der Waals surface area contributed by atoms with Crippen LogP contribution >= 0.6 is 0 Å². The molecule has 2 amide bonds. The van der Waals surface area contributed by atoms with Crippen LogP contribution in [0.3, 0.4) is 0 Å². The summed E-state index contributed by atoms with van der Waals surface area (Å²) >= 11 is 0. The van der Waals surface area contributed by atoms with Gasteiger partial charge in [0, 0.05) is 18.2 Å². The zero-order valence-electron chi connectivity index (χ0n) is 13.3. The highest BCUT2D eigenvalue weighted by Crippen LogP contribution is 2.29. The van der Waals surface area contributed by atoms with Crippen molar-refractivity contribution < 1.29 is 27.3 Å². The Morgan fingerprint density at radius 2 is 1.88 bits per heavy atom. The number of hydrogen-bond donors (Lipinski definition) is 1. The maximum atomic E-state index is 12.6. The third-order valence-corrected chi connectivity index (χ3v) is 3.28. The van der Waals surface area contributed by atoms with Crippen LogP contribution in [0.15, 0.2) is 41.1 Å². The molecule has 0 unspecified atom stereocenters. The zero-order chi connectivity index (χ0) is 18.4. The number of halogens is 3. The second-order valence-corrected chi connectivity index (χ2v) is 5.23. The summed E-state index contributed by atoms with van der Waals surface area (Å²) in [5, 5.41) is 5.99. The van der Waals surface area contributed by atoms with Crippen LogP contribution in [0.25, 0.3) is 0 Å². The number of carbonyl (C=O) groups is 2. The number of nitrogens with one attached hydrogen (secondary N) is 1. The smallest absolute Gasteiger partial charge is 0.363 e. The van der Waals surface area contributed by atoms with Gasteiger partial charge in [0.2, 0.25) is 5.91 Å². The Kier molecular flexibility index (Phi) is 5.79. The fourth-order valence-corrected chi connectivity index (χ4v) is 2.14. The molecule has 1 aromatic carbocycles. The van der Waals surface area contributed by atoms with Crippen LogP contribution in [0.1, 0.15) is 29.3 Å². The Morgan fingerprint density at radius 1 is 1.20 bits per heavy atom. The fourth-order valence-electron chi connectivity index (χ4n) is 2.14. The highest BCUT2D eigenvalue weighted by atomic mass is 19.4. The van der Waals surface area contributed by atoms with Crippen molar-refractivity contribution in [3.63, 3.8) is 0 Å². The fraction of sp³-hybridized carbons (Fsp3) is 0.312. The second kappa shape index (κ2) is 7.82. The van der Waals surface area contributed by atoms with Crippen LogP contribution in [0.4, 0.5) is 19.0 Å². The van der Waals surface area contributed by atoms with Crippen molar-refractivity contribution in [3.05, 3.63) is 47.7 Å². The number of anilines is 1. The average Bonchev–Trinajstić information content (AvgIpc) is 3.06. The first-order chi connectivity index (χ1) is 11.8. The minimum Gasteiger partial charge on any atom is -0.363 e. The average molecular weight is 355 g/mol. The van der Waals surface area contributed by atoms with Gasteiger partial charge in [0.1, 0.15) is 12.8 Å². The number of aromatic nitrogens is 1. The summed E-state index contributed by atoms with van der Waals surface area (Å²) in [6.07, 6.45) is -2.60. The van der Waals surface area contributed by atoms with E-state index in [2.05, 4.69) is 15.0 Å². The van der Waals surface area contributed by atoms with Gasteiger partial charge in [-0.1, -0.05) is 12.1 Å². The highest BCUT2D eigenvalue weighted by Gasteiger charge is 2.30. The van der Waals surface area contributed by atoms with Gasteiger partial charge in [-0.3, -0.25) is 9.59 Å². The van der Waals surface area contributed by atoms with Crippen molar-refractivity contribution in [2.24, 2.45) is 0 Å². The molecule has 0 saturated heterocycles. The van der Waals surface area contributed by atoms with Gasteiger partial charge >= 0.3 is 6.18 Å². The molecule has 9 heteroatoms. The molecule has 2 aromatic rings. The van der Waals surface area contributed by atoms with Gasteiger partial charge in [-0.15, -0.1) is 0 Å². The van der Waals surface area contributed by atoms with Gasteiger partial charge in [-0.25, -0.2) is 0 Å². The summed E-state index contributed by atoms with van der Waals surface area (Å²) in [6, 6.07) is 5.33. The minimum absolute atomic E-state index is 0.0793. The van der Waals surface area contributed by atoms with Crippen molar-refractivity contribution in [2.45, 2.75) is 19.5 Å². The molecule has 0 saturated carbocycles. The third-order valence-electron chi connectivity index (χ3n) is 3.28. The van der Waals surface area contributed by atoms with E-state index in [1.807, 2.05) is 6.92 Å². The molecule has 134 valence electrons. The number of hydrogen-bond acceptors (Lipinski definition) is 4. The van der Waals surface area contributed by atoms with E-state index in [1.54, 1.807) is 0 Å². The van der Waals surface area contributed by atoms with Crippen LogP contribution in [-0.4, -0.2) is 35.0 Å². The van der Waals surface area contributed by atoms with Crippen molar-refractivity contribution in [3.8, 4) is 0 Å². The van der Waals surface area contributed by atoms with Gasteiger partial charge < -0.3 is 14.7 Å². The van der Waals surface area contributed by atoms with Crippen molar-refractivity contribution in [2.75, 3.05) is 18.4 Å². The summed E-state index contributed by atoms with van der Waals surface area (Å²) < 4.78 is 42.4. The number of nitrogens with zero attached hydrogens (tertiary/aromatic N) is 2. The van der Waals surface area contributed by atoms with Crippen LogP contribution < -0.4 is 5.32 Å². The van der Waals surface area contributed by atoms with E-state index in [0.717, 1.165) is 24.3 Å². The Hall–Kier alpha value is -2.84. The molecule has 0 atom stereocenters. The van der Waals surface area contributed by atoms with Crippen LogP contribution in [0.2, 0.25) is 0 Å². The van der Waals surface area contributed by atoms with Crippen LogP contribution in [0.5, 0.6) is 0 Å². The van der Waals surface area contributed by atoms with Crippen LogP contribution in [0, 0.1) is 0 Å². The van der Waals surface area contributed by atoms with Gasteiger partial charge in [-0.05, 0) is 30.7 Å². The monoisotopic (exact) mass is 355 g/mol. The molecule has 2 rings (SSSR count). The number of alkyl halides is 3. The predicted octanol–water partition coefficient (Wildman–Crippen LogP) is 3.18. The van der Waals surface area contributed by atoms with E-state index >= 15 is 0 Å². The van der Waals surface area contributed by atoms with Crippen molar-refractivity contribution in [1.29, 1.82) is 0 Å². The van der Waals surface area contributed by atoms with E-state index in [4.69, 9.17) is 0 Å². The summed E-state index contributed by atoms with van der Waals surface area (Å²) in [6.45, 7) is 1.86. The Bertz CT molecular complexity index is 712. The lowest BCUT2D eigenvalue weighted by molar-refractivity contribution is -0.137. The van der Waals surface area contributed by atoms with E-state index in [9.17, 15) is 22.8 Å². The van der Waals surface area contributed by atoms with E-state index in [-0.39, 0.29) is 24.5 Å². The normalized spacial score (nSPS) is 11.2. The molecule has 0 spiro atoms. The number of benzene rings is 1. The Labute approximate surface area is 141 Å². The summed E-state index contributed by atoms with van der Waals surface area (Å²) in [5.74, 6) is -0.795. The van der Waals surface area contributed by atoms with Gasteiger partial charge in [0.05, 0.1) is 5.56 Å². The van der Waals surface area contributed by atoms with E-state index < -0.39 is 23.6 Å². The molecule has 0 aliphatic heterocycles. The molecular formula is C16H16F3N3O3. The van der Waals surface area contributed by atoms with Crippen LogP contribution in [-0.2, 0) is 11.0 Å². The lowest BCUT2D eigenvalue weighted by atomic mass is 10.1. The molecule has 0 aliphatic carbocycles. The van der Waals surface area contributed by atoms with Crippen molar-refractivity contribution >= 4 is 17.6 Å². The van der Waals surface area contributed by atoms with Crippen molar-refractivity contribution in [1.82, 2.24) is 10.1 Å². The third kappa shape index (κ3) is 5.07. The predicted molar refractivity (Wildman–Crippen MR) is 82.8 cm³/mol. The Balaban J connectivity index is 2.07. The molecule has 1 heterocycles. The molecule has 6 nitrogen and oxygen atoms in total. The summed E-state index contributed by atoms with van der Waals surface area (Å²) in [5.41, 5.74) is -0.759. The molecule has 0 aliphatic rings. The maximum absolute atomic E-state index is 12.6. The molecule has 1 aromatic heterocycles. The SMILES string of the molecule is CCCN(CC(=O)Nc1ccon1)C(=O)c1ccc(C(F)(F)F)cc1. The lowest BCUT2D eigenvalue weighted by Gasteiger charge is -2.21. The van der Waals surface area contributed by atoms with Gasteiger partial charge in [0.25, 0.3) is 5.91 Å². The topological polar surface area (TPSA) is 75.4 Å². The summed E-state index contributed by atoms with van der Waals surface area (Å²) in [7, 11) is 0. The maximum Gasteiger partial charge on any atom is 0.416 e. The highest BCUT2D eigenvalue weighted by molar-refractivity contribution is 5.99. The molecule has 0 radical (unpaired) electrons. The first kappa shape index (κ1) is 18.5. The lowest BCUT2D eigenvalue weighted by Crippen LogP contribution is -2.38. The number of carbonyl (C=O) groups excluding carboxylic acids is 2. The molecule has 1 N–H and O–H groups in total. The Morgan fingerprint density at radius 3 is 2.40 bits per heavy atom. The second-order valence-electron chi connectivity index (χ2n) is 5.23. The summed E-state index contributed by atoms with van der Waals surface area (Å²) in [4.78, 5) is 25.7. The zero-order valence-corrected chi connectivity index (χ0v) is 13.3. The van der Waals surface area contributed by atoms with Gasteiger partial charge in [0.15, 0.2) is 5.82 Å².